The van der Waals surface area contributed by atoms with E-state index in [1.54, 1.807) is 14.2 Å². The molecule has 1 amide bonds. The van der Waals surface area contributed by atoms with Gasteiger partial charge in [-0.2, -0.15) is 0 Å². The molecular formula is C24H34N3O3+. The second-order valence-corrected chi connectivity index (χ2v) is 8.34. The van der Waals surface area contributed by atoms with E-state index >= 15 is 0 Å². The van der Waals surface area contributed by atoms with Gasteiger partial charge in [0.05, 0.1) is 26.7 Å². The molecule has 0 bridgehead atoms. The molecule has 162 valence electrons. The van der Waals surface area contributed by atoms with E-state index in [0.717, 1.165) is 26.1 Å². The Hall–Kier alpha value is -2.25. The van der Waals surface area contributed by atoms with Crippen molar-refractivity contribution in [3.8, 4) is 0 Å². The van der Waals surface area contributed by atoms with Gasteiger partial charge in [0, 0.05) is 38.4 Å². The molecule has 0 spiro atoms. The van der Waals surface area contributed by atoms with Crippen LogP contribution in [0.25, 0.3) is 0 Å². The molecule has 6 nitrogen and oxygen atoms in total. The van der Waals surface area contributed by atoms with Gasteiger partial charge in [0.25, 0.3) is 5.91 Å². The fourth-order valence-corrected chi connectivity index (χ4v) is 4.19. The van der Waals surface area contributed by atoms with Crippen molar-refractivity contribution < 1.29 is 14.3 Å². The minimum Gasteiger partial charge on any atom is -0.359 e. The van der Waals surface area contributed by atoms with E-state index in [9.17, 15) is 4.79 Å². The highest BCUT2D eigenvalue weighted by atomic mass is 16.7. The monoisotopic (exact) mass is 412 g/mol. The van der Waals surface area contributed by atoms with Crippen LogP contribution in [-0.4, -0.2) is 71.6 Å². The molecule has 0 saturated carbocycles. The summed E-state index contributed by atoms with van der Waals surface area (Å²) >= 11 is 0. The van der Waals surface area contributed by atoms with E-state index in [-0.39, 0.29) is 18.1 Å². The largest absolute Gasteiger partial charge is 0.359 e. The third kappa shape index (κ3) is 5.26. The van der Waals surface area contributed by atoms with E-state index in [0.29, 0.717) is 16.8 Å². The third-order valence-corrected chi connectivity index (χ3v) is 6.07. The van der Waals surface area contributed by atoms with Gasteiger partial charge in [-0.05, 0) is 30.7 Å². The van der Waals surface area contributed by atoms with Crippen molar-refractivity contribution in [1.82, 2.24) is 14.7 Å². The maximum atomic E-state index is 11.9. The number of hydrogen-bond acceptors (Lipinski definition) is 4. The molecule has 3 rings (SSSR count). The van der Waals surface area contributed by atoms with Gasteiger partial charge in [0.15, 0.2) is 0 Å². The lowest BCUT2D eigenvalue weighted by Gasteiger charge is -2.40. The standard InChI is InChI=1S/C24H33N3O3/c1-25-24(28)20-10-12-21(13-11-20)27(2,3)23(19-8-6-5-7-9-19)17-26-15-14-22(16-26)30-18-29-4/h5-13,22-23H,14-18H2,1-4H3/p+1/t22-,23+/m0/s1. The number of carbonyl (C=O) groups is 1. The van der Waals surface area contributed by atoms with Crippen LogP contribution in [0.15, 0.2) is 54.6 Å². The molecule has 0 aromatic heterocycles. The van der Waals surface area contributed by atoms with Crippen molar-refractivity contribution in [1.29, 1.82) is 0 Å². The lowest BCUT2D eigenvalue weighted by molar-refractivity contribution is -0.0673. The molecule has 2 aromatic carbocycles. The lowest BCUT2D eigenvalue weighted by atomic mass is 10.0. The molecule has 2 aromatic rings. The average Bonchev–Trinajstić information content (AvgIpc) is 3.23. The summed E-state index contributed by atoms with van der Waals surface area (Å²) in [5, 5.41) is 2.68. The Morgan fingerprint density at radius 2 is 1.87 bits per heavy atom. The molecule has 1 saturated heterocycles. The summed E-state index contributed by atoms with van der Waals surface area (Å²) in [6.07, 6.45) is 1.25. The number of benzene rings is 2. The molecule has 1 heterocycles. The molecule has 0 radical (unpaired) electrons. The van der Waals surface area contributed by atoms with Crippen molar-refractivity contribution in [2.45, 2.75) is 18.6 Å². The molecule has 0 unspecified atom stereocenters. The number of nitrogens with one attached hydrogen (secondary N) is 1. The number of rotatable bonds is 9. The van der Waals surface area contributed by atoms with Gasteiger partial charge >= 0.3 is 0 Å². The zero-order chi connectivity index (χ0) is 21.6. The SMILES string of the molecule is CNC(=O)c1ccc([N+](C)(C)[C@H](CN2CC[C@H](OCOC)C2)c2ccccc2)cc1. The zero-order valence-corrected chi connectivity index (χ0v) is 18.5. The van der Waals surface area contributed by atoms with Crippen molar-refractivity contribution in [2.24, 2.45) is 0 Å². The van der Waals surface area contributed by atoms with Crippen LogP contribution >= 0.6 is 0 Å². The quantitative estimate of drug-likeness (QED) is 0.508. The maximum absolute atomic E-state index is 11.9. The number of likely N-dealkylation sites (N-methyl/N-ethyl adjacent to an activating group) is 1. The molecule has 1 N–H and O–H groups in total. The maximum Gasteiger partial charge on any atom is 0.251 e. The second kappa shape index (κ2) is 10.2. The van der Waals surface area contributed by atoms with Crippen molar-refractivity contribution in [3.05, 3.63) is 65.7 Å². The molecule has 30 heavy (non-hydrogen) atoms. The minimum absolute atomic E-state index is 0.0642. The number of hydrogen-bond donors (Lipinski definition) is 1. The Balaban J connectivity index is 1.82. The summed E-state index contributed by atoms with van der Waals surface area (Å²) in [7, 11) is 7.79. The van der Waals surface area contributed by atoms with Crippen LogP contribution in [0, 0.1) is 0 Å². The van der Waals surface area contributed by atoms with E-state index in [2.05, 4.69) is 66.8 Å². The van der Waals surface area contributed by atoms with Crippen LogP contribution in [-0.2, 0) is 9.47 Å². The normalized spacial score (nSPS) is 18.3. The second-order valence-electron chi connectivity index (χ2n) is 8.34. The molecule has 1 fully saturated rings. The highest BCUT2D eigenvalue weighted by molar-refractivity contribution is 5.94. The van der Waals surface area contributed by atoms with E-state index in [4.69, 9.17) is 9.47 Å². The number of likely N-dealkylation sites (tertiary alicyclic amines) is 1. The van der Waals surface area contributed by atoms with Gasteiger partial charge in [-0.3, -0.25) is 14.2 Å². The Morgan fingerprint density at radius 3 is 2.50 bits per heavy atom. The molecule has 0 aliphatic carbocycles. The van der Waals surface area contributed by atoms with Crippen molar-refractivity contribution >= 4 is 11.6 Å². The summed E-state index contributed by atoms with van der Waals surface area (Å²) in [4.78, 5) is 14.4. The van der Waals surface area contributed by atoms with Gasteiger partial charge in [-0.15, -0.1) is 0 Å². The highest BCUT2D eigenvalue weighted by Gasteiger charge is 2.36. The fraction of sp³-hybridized carbons (Fsp3) is 0.458. The number of quaternary nitrogens is 1. The topological polar surface area (TPSA) is 50.8 Å². The van der Waals surface area contributed by atoms with Gasteiger partial charge in [0.2, 0.25) is 0 Å². The molecule has 1 aliphatic heterocycles. The van der Waals surface area contributed by atoms with Gasteiger partial charge in [0.1, 0.15) is 18.5 Å². The zero-order valence-electron chi connectivity index (χ0n) is 18.5. The highest BCUT2D eigenvalue weighted by Crippen LogP contribution is 2.33. The molecule has 6 heteroatoms. The molecule has 2 atom stereocenters. The number of carbonyl (C=O) groups excluding carboxylic acids is 1. The fourth-order valence-electron chi connectivity index (χ4n) is 4.19. The van der Waals surface area contributed by atoms with E-state index in [1.807, 2.05) is 12.1 Å². The minimum atomic E-state index is -0.0642. The number of ether oxygens (including phenoxy) is 2. The lowest BCUT2D eigenvalue weighted by Crippen LogP contribution is -2.49. The summed E-state index contributed by atoms with van der Waals surface area (Å²) in [5.74, 6) is -0.0642. The number of methoxy groups -OCH3 is 1. The van der Waals surface area contributed by atoms with Crippen LogP contribution in [0.3, 0.4) is 0 Å². The van der Waals surface area contributed by atoms with Crippen LogP contribution in [0.4, 0.5) is 5.69 Å². The predicted molar refractivity (Wildman–Crippen MR) is 120 cm³/mol. The molecular weight excluding hydrogens is 378 g/mol. The van der Waals surface area contributed by atoms with Gasteiger partial charge in [-0.25, -0.2) is 0 Å². The van der Waals surface area contributed by atoms with Gasteiger partial charge in [-0.1, -0.05) is 30.3 Å². The van der Waals surface area contributed by atoms with Crippen LogP contribution in [0.1, 0.15) is 28.4 Å². The van der Waals surface area contributed by atoms with Crippen molar-refractivity contribution in [2.75, 3.05) is 54.7 Å². The smallest absolute Gasteiger partial charge is 0.251 e. The average molecular weight is 413 g/mol. The number of amides is 1. The Morgan fingerprint density at radius 1 is 1.17 bits per heavy atom. The summed E-state index contributed by atoms with van der Waals surface area (Å²) in [6.45, 7) is 3.22. The summed E-state index contributed by atoms with van der Waals surface area (Å²) < 4.78 is 11.5. The van der Waals surface area contributed by atoms with E-state index < -0.39 is 0 Å². The summed E-state index contributed by atoms with van der Waals surface area (Å²) in [6, 6.07) is 18.9. The number of nitrogens with zero attached hydrogens (tertiary/aromatic N) is 2. The van der Waals surface area contributed by atoms with Crippen LogP contribution in [0.5, 0.6) is 0 Å². The summed E-state index contributed by atoms with van der Waals surface area (Å²) in [5.41, 5.74) is 3.15. The van der Waals surface area contributed by atoms with Crippen molar-refractivity contribution in [3.63, 3.8) is 0 Å². The first-order valence-corrected chi connectivity index (χ1v) is 10.5. The van der Waals surface area contributed by atoms with Crippen LogP contribution < -0.4 is 9.80 Å². The first kappa shape index (κ1) is 22.4. The first-order chi connectivity index (χ1) is 14.5. The Bertz CT molecular complexity index is 808. The van der Waals surface area contributed by atoms with Crippen LogP contribution in [0.2, 0.25) is 0 Å². The Labute approximate surface area is 180 Å². The third-order valence-electron chi connectivity index (χ3n) is 6.07. The predicted octanol–water partition coefficient (Wildman–Crippen LogP) is 3.05. The Kier molecular flexibility index (Phi) is 7.61. The van der Waals surface area contributed by atoms with E-state index in [1.165, 1.54) is 11.3 Å². The van der Waals surface area contributed by atoms with Gasteiger partial charge < -0.3 is 14.8 Å². The molecule has 1 aliphatic rings. The first-order valence-electron chi connectivity index (χ1n) is 10.5.